The maximum atomic E-state index is 11.8. The molecule has 0 saturated carbocycles. The quantitative estimate of drug-likeness (QED) is 0.658. The molecule has 1 amide bonds. The highest BCUT2D eigenvalue weighted by molar-refractivity contribution is 5.94. The van der Waals surface area contributed by atoms with E-state index in [1.807, 2.05) is 0 Å². The molecule has 2 aromatic rings. The third kappa shape index (κ3) is 3.26. The Morgan fingerprint density at radius 2 is 1.65 bits per heavy atom. The van der Waals surface area contributed by atoms with Crippen LogP contribution in [0.1, 0.15) is 10.4 Å². The van der Waals surface area contributed by atoms with Crippen molar-refractivity contribution in [1.29, 1.82) is 0 Å². The fourth-order valence-electron chi connectivity index (χ4n) is 1.51. The lowest BCUT2D eigenvalue weighted by Gasteiger charge is -2.06. The van der Waals surface area contributed by atoms with E-state index in [9.17, 15) is 14.5 Å². The van der Waals surface area contributed by atoms with Gasteiger partial charge < -0.3 is 0 Å². The number of carbonyl (C=O) groups excluding carboxylic acids is 1. The summed E-state index contributed by atoms with van der Waals surface area (Å²) in [5, 5.41) is 2.73. The summed E-state index contributed by atoms with van der Waals surface area (Å²) in [6.07, 6.45) is 0. The molecule has 6 heteroatoms. The van der Waals surface area contributed by atoms with Crippen LogP contribution in [0.15, 0.2) is 64.6 Å². The zero-order valence-corrected chi connectivity index (χ0v) is 10.4. The number of benzene rings is 1. The summed E-state index contributed by atoms with van der Waals surface area (Å²) in [7, 11) is 0. The Labute approximate surface area is 114 Å². The largest absolute Gasteiger partial charge is 0.294 e. The zero-order chi connectivity index (χ0) is 14.4. The van der Waals surface area contributed by atoms with Gasteiger partial charge in [0, 0.05) is 5.56 Å². The molecule has 0 fully saturated rings. The van der Waals surface area contributed by atoms with Gasteiger partial charge in [-0.15, -0.1) is 4.91 Å². The van der Waals surface area contributed by atoms with Crippen LogP contribution in [0.2, 0.25) is 0 Å². The third-order valence-corrected chi connectivity index (χ3v) is 2.54. The van der Waals surface area contributed by atoms with E-state index >= 15 is 0 Å². The number of amides is 1. The maximum Gasteiger partial charge on any atom is 0.269 e. The summed E-state index contributed by atoms with van der Waals surface area (Å²) < 4.78 is 0. The van der Waals surface area contributed by atoms with Gasteiger partial charge in [0.1, 0.15) is 11.4 Å². The molecule has 2 rings (SSSR count). The van der Waals surface area contributed by atoms with E-state index in [4.69, 9.17) is 0 Å². The minimum absolute atomic E-state index is 0.129. The van der Waals surface area contributed by atoms with Crippen LogP contribution in [0.25, 0.3) is 0 Å². The summed E-state index contributed by atoms with van der Waals surface area (Å²) in [6.45, 7) is 0. The number of hydrazine groups is 1. The van der Waals surface area contributed by atoms with Crippen LogP contribution in [0, 0.1) is 4.91 Å². The van der Waals surface area contributed by atoms with Gasteiger partial charge in [0.05, 0.1) is 0 Å². The van der Waals surface area contributed by atoms with E-state index in [1.54, 1.807) is 30.3 Å². The normalized spacial score (nSPS) is 9.60. The Morgan fingerprint density at radius 1 is 0.950 bits per heavy atom. The molecule has 0 radical (unpaired) electrons. The Morgan fingerprint density at radius 3 is 2.35 bits per heavy atom. The predicted molar refractivity (Wildman–Crippen MR) is 75.7 cm³/mol. The van der Waals surface area contributed by atoms with Gasteiger partial charge in [-0.05, 0) is 41.6 Å². The van der Waals surface area contributed by atoms with Crippen molar-refractivity contribution in [3.63, 3.8) is 0 Å². The highest BCUT2D eigenvalue weighted by atomic mass is 16.3. The minimum atomic E-state index is -0.370. The number of nitrogens with zero attached hydrogens (tertiary/aromatic N) is 1. The topological polar surface area (TPSA) is 87.6 Å². The van der Waals surface area contributed by atoms with Gasteiger partial charge >= 0.3 is 0 Å². The molecule has 0 bridgehead atoms. The summed E-state index contributed by atoms with van der Waals surface area (Å²) in [5.41, 5.74) is 5.30. The number of anilines is 1. The molecule has 0 atom stereocenters. The number of rotatable bonds is 4. The lowest BCUT2D eigenvalue weighted by molar-refractivity contribution is 0.0962. The Kier molecular flexibility index (Phi) is 4.18. The van der Waals surface area contributed by atoms with Crippen molar-refractivity contribution in [1.82, 2.24) is 5.43 Å². The molecule has 2 aromatic carbocycles. The smallest absolute Gasteiger partial charge is 0.269 e. The van der Waals surface area contributed by atoms with Gasteiger partial charge in [-0.2, -0.15) is 0 Å². The lowest BCUT2D eigenvalue weighted by Crippen LogP contribution is -2.31. The average molecular weight is 269 g/mol. The second-order valence-electron chi connectivity index (χ2n) is 3.91. The number of carbonyl (C=O) groups is 1. The van der Waals surface area contributed by atoms with Gasteiger partial charge in [-0.1, -0.05) is 18.2 Å². The maximum absolute atomic E-state index is 11.8. The first kappa shape index (κ1) is 13.4. The van der Waals surface area contributed by atoms with Gasteiger partial charge in [-0.3, -0.25) is 20.4 Å². The van der Waals surface area contributed by atoms with Crippen molar-refractivity contribution in [2.75, 3.05) is 5.43 Å². The molecule has 6 nitrogen and oxygen atoms in total. The molecule has 0 aliphatic carbocycles. The molecule has 0 spiro atoms. The summed E-state index contributed by atoms with van der Waals surface area (Å²) in [6, 6.07) is 13.8. The van der Waals surface area contributed by atoms with Gasteiger partial charge in [0.2, 0.25) is 5.43 Å². The number of nitrogens with one attached hydrogen (secondary N) is 2. The fraction of sp³-hybridized carbons (Fsp3) is 0. The molecule has 2 N–H and O–H groups in total. The van der Waals surface area contributed by atoms with Crippen molar-refractivity contribution in [3.8, 4) is 0 Å². The molecule has 100 valence electrons. The highest BCUT2D eigenvalue weighted by Gasteiger charge is 2.04. The number of nitroso groups, excluding NO2 is 1. The van der Waals surface area contributed by atoms with Crippen molar-refractivity contribution in [3.05, 3.63) is 75.3 Å². The average Bonchev–Trinajstić information content (AvgIpc) is 2.67. The predicted octanol–water partition coefficient (Wildman–Crippen LogP) is 2.20. The molecule has 20 heavy (non-hydrogen) atoms. The number of hydrogen-bond donors (Lipinski definition) is 2. The van der Waals surface area contributed by atoms with Crippen molar-refractivity contribution in [2.45, 2.75) is 0 Å². The number of hydrogen-bond acceptors (Lipinski definition) is 5. The molecule has 0 aromatic heterocycles. The van der Waals surface area contributed by atoms with E-state index in [-0.39, 0.29) is 22.7 Å². The molecule has 0 saturated heterocycles. The van der Waals surface area contributed by atoms with Crippen molar-refractivity contribution in [2.24, 2.45) is 5.18 Å². The molecule has 0 aliphatic rings. The van der Waals surface area contributed by atoms with E-state index < -0.39 is 0 Å². The van der Waals surface area contributed by atoms with Gasteiger partial charge in [-0.25, -0.2) is 0 Å². The zero-order valence-electron chi connectivity index (χ0n) is 10.4. The van der Waals surface area contributed by atoms with Crippen LogP contribution in [-0.2, 0) is 0 Å². The summed E-state index contributed by atoms with van der Waals surface area (Å²) >= 11 is 0. The lowest BCUT2D eigenvalue weighted by atomic mass is 10.2. The van der Waals surface area contributed by atoms with Crippen molar-refractivity contribution < 1.29 is 4.79 Å². The minimum Gasteiger partial charge on any atom is -0.294 e. The second kappa shape index (κ2) is 6.24. The monoisotopic (exact) mass is 269 g/mol. The van der Waals surface area contributed by atoms with Crippen LogP contribution >= 0.6 is 0 Å². The second-order valence-corrected chi connectivity index (χ2v) is 3.91. The Balaban J connectivity index is 2.12. The van der Waals surface area contributed by atoms with Crippen molar-refractivity contribution >= 4 is 17.3 Å². The summed E-state index contributed by atoms with van der Waals surface area (Å²) in [5.74, 6) is -0.370. The first-order valence-corrected chi connectivity index (χ1v) is 5.80. The van der Waals surface area contributed by atoms with Gasteiger partial charge in [0.25, 0.3) is 5.91 Å². The first-order valence-electron chi connectivity index (χ1n) is 5.80. The molecule has 0 heterocycles. The molecular formula is C14H11N3O3. The Hall–Kier alpha value is -3.02. The molecule has 0 aliphatic heterocycles. The fourth-order valence-corrected chi connectivity index (χ4v) is 1.51. The van der Waals surface area contributed by atoms with Crippen LogP contribution in [0.5, 0.6) is 0 Å². The van der Waals surface area contributed by atoms with E-state index in [0.29, 0.717) is 5.56 Å². The van der Waals surface area contributed by atoms with Crippen LogP contribution < -0.4 is 16.3 Å². The molecular weight excluding hydrogens is 258 g/mol. The van der Waals surface area contributed by atoms with Gasteiger partial charge in [0.15, 0.2) is 0 Å². The van der Waals surface area contributed by atoms with Crippen LogP contribution in [0.4, 0.5) is 11.4 Å². The first-order chi connectivity index (χ1) is 9.70. The van der Waals surface area contributed by atoms with Crippen LogP contribution in [-0.4, -0.2) is 5.91 Å². The highest BCUT2D eigenvalue weighted by Crippen LogP contribution is 2.09. The standard InChI is InChI=1S/C14H11N3O3/c18-13-9-7-11(17-20)6-8-12(13)15-16-14(19)10-4-2-1-3-5-10/h1-9H,(H,15,18)(H,16,19). The third-order valence-electron chi connectivity index (χ3n) is 2.54. The SMILES string of the molecule is O=Nc1ccc(NNC(=O)c2ccccc2)c(=O)cc1. The summed E-state index contributed by atoms with van der Waals surface area (Å²) in [4.78, 5) is 33.8. The van der Waals surface area contributed by atoms with E-state index in [1.165, 1.54) is 24.3 Å². The van der Waals surface area contributed by atoms with E-state index in [2.05, 4.69) is 16.0 Å². The Bertz CT molecular complexity index is 687. The van der Waals surface area contributed by atoms with E-state index in [0.717, 1.165) is 0 Å². The molecule has 0 unspecified atom stereocenters. The van der Waals surface area contributed by atoms with Crippen LogP contribution in [0.3, 0.4) is 0 Å².